The van der Waals surface area contributed by atoms with Gasteiger partial charge in [0, 0.05) is 6.04 Å². The highest BCUT2D eigenvalue weighted by Gasteiger charge is 2.33. The van der Waals surface area contributed by atoms with Crippen LogP contribution in [0, 0.1) is 5.41 Å². The molecule has 0 aromatic rings. The Kier molecular flexibility index (Phi) is 4.58. The minimum Gasteiger partial charge on any atom is -0.324 e. The summed E-state index contributed by atoms with van der Waals surface area (Å²) in [7, 11) is -3.81. The van der Waals surface area contributed by atoms with Gasteiger partial charge >= 0.3 is 7.60 Å². The topological polar surface area (TPSA) is 60.8 Å². The second-order valence-corrected chi connectivity index (χ2v) is 7.32. The number of likely N-dealkylation sites (tertiary alicyclic amines) is 1. The first-order valence-corrected chi connectivity index (χ1v) is 7.81. The first-order chi connectivity index (χ1) is 7.22. The van der Waals surface area contributed by atoms with E-state index in [1.54, 1.807) is 0 Å². The second kappa shape index (κ2) is 5.18. The number of piperidine rings is 1. The Morgan fingerprint density at radius 1 is 1.44 bits per heavy atom. The Bertz CT molecular complexity index is 274. The van der Waals surface area contributed by atoms with Gasteiger partial charge in [-0.15, -0.1) is 0 Å². The molecule has 5 heteroatoms. The maximum Gasteiger partial charge on any atom is 0.325 e. The van der Waals surface area contributed by atoms with Crippen molar-refractivity contribution in [3.63, 3.8) is 0 Å². The lowest BCUT2D eigenvalue weighted by atomic mass is 9.77. The Balaban J connectivity index is 2.40. The van der Waals surface area contributed by atoms with E-state index in [1.165, 1.54) is 12.8 Å². The van der Waals surface area contributed by atoms with Crippen LogP contribution in [-0.4, -0.2) is 40.0 Å². The van der Waals surface area contributed by atoms with Crippen molar-refractivity contribution in [3.8, 4) is 0 Å². The number of hydrogen-bond donors (Lipinski definition) is 2. The zero-order valence-electron chi connectivity index (χ0n) is 10.5. The van der Waals surface area contributed by atoms with Gasteiger partial charge < -0.3 is 14.7 Å². The molecule has 1 aliphatic heterocycles. The van der Waals surface area contributed by atoms with Crippen molar-refractivity contribution in [2.45, 2.75) is 46.1 Å². The monoisotopic (exact) mass is 249 g/mol. The van der Waals surface area contributed by atoms with Crippen molar-refractivity contribution in [1.82, 2.24) is 4.90 Å². The fraction of sp³-hybridized carbons (Fsp3) is 1.00. The molecule has 0 saturated carbocycles. The summed E-state index contributed by atoms with van der Waals surface area (Å²) in [5.41, 5.74) is 0.320. The summed E-state index contributed by atoms with van der Waals surface area (Å²) in [5.74, 6) is 0. The molecule has 96 valence electrons. The molecule has 0 spiro atoms. The average molecular weight is 249 g/mol. The maximum atomic E-state index is 10.8. The highest BCUT2D eigenvalue weighted by atomic mass is 31.2. The summed E-state index contributed by atoms with van der Waals surface area (Å²) in [6.07, 6.45) is 3.03. The molecule has 1 fully saturated rings. The van der Waals surface area contributed by atoms with Crippen LogP contribution in [-0.2, 0) is 4.57 Å². The standard InChI is InChI=1S/C11H24NO3P/c1-10-11(2,3)6-4-7-12(10)8-5-9-16(13,14)15/h10H,4-9H2,1-3H3,(H2,13,14,15). The van der Waals surface area contributed by atoms with Crippen LogP contribution >= 0.6 is 7.60 Å². The third kappa shape index (κ3) is 4.17. The summed E-state index contributed by atoms with van der Waals surface area (Å²) in [6, 6.07) is 0.498. The van der Waals surface area contributed by atoms with E-state index in [2.05, 4.69) is 25.7 Å². The molecule has 1 atom stereocenters. The lowest BCUT2D eigenvalue weighted by molar-refractivity contribution is 0.0496. The molecule has 0 aromatic carbocycles. The van der Waals surface area contributed by atoms with Gasteiger partial charge in [-0.05, 0) is 44.7 Å². The van der Waals surface area contributed by atoms with Gasteiger partial charge in [0.1, 0.15) is 0 Å². The van der Waals surface area contributed by atoms with E-state index in [0.29, 0.717) is 17.9 Å². The molecule has 1 aliphatic rings. The normalized spacial score (nSPS) is 26.9. The molecule has 0 aromatic heterocycles. The largest absolute Gasteiger partial charge is 0.325 e. The van der Waals surface area contributed by atoms with E-state index in [1.807, 2.05) is 0 Å². The van der Waals surface area contributed by atoms with Crippen molar-refractivity contribution in [2.75, 3.05) is 19.3 Å². The highest BCUT2D eigenvalue weighted by Crippen LogP contribution is 2.37. The van der Waals surface area contributed by atoms with Gasteiger partial charge in [0.25, 0.3) is 0 Å². The van der Waals surface area contributed by atoms with E-state index < -0.39 is 7.60 Å². The fourth-order valence-electron chi connectivity index (χ4n) is 2.42. The average Bonchev–Trinajstić information content (AvgIpc) is 2.10. The molecule has 1 rings (SSSR count). The van der Waals surface area contributed by atoms with Crippen LogP contribution in [0.5, 0.6) is 0 Å². The minimum atomic E-state index is -3.81. The smallest absolute Gasteiger partial charge is 0.324 e. The molecule has 4 nitrogen and oxygen atoms in total. The van der Waals surface area contributed by atoms with Crippen LogP contribution < -0.4 is 0 Å². The van der Waals surface area contributed by atoms with Crippen LogP contribution in [0.3, 0.4) is 0 Å². The number of rotatable bonds is 4. The second-order valence-electron chi connectivity index (χ2n) is 5.55. The molecule has 16 heavy (non-hydrogen) atoms. The van der Waals surface area contributed by atoms with Crippen LogP contribution in [0.2, 0.25) is 0 Å². The van der Waals surface area contributed by atoms with E-state index in [0.717, 1.165) is 13.1 Å². The van der Waals surface area contributed by atoms with Gasteiger partial charge in [0.2, 0.25) is 0 Å². The van der Waals surface area contributed by atoms with Crippen molar-refractivity contribution in [2.24, 2.45) is 5.41 Å². The van der Waals surface area contributed by atoms with Gasteiger partial charge in [0.15, 0.2) is 0 Å². The van der Waals surface area contributed by atoms with E-state index in [-0.39, 0.29) is 6.16 Å². The van der Waals surface area contributed by atoms with Gasteiger partial charge in [0.05, 0.1) is 6.16 Å². The Hall–Kier alpha value is 0.110. The predicted molar refractivity (Wildman–Crippen MR) is 65.6 cm³/mol. The quantitative estimate of drug-likeness (QED) is 0.749. The summed E-state index contributed by atoms with van der Waals surface area (Å²) in [6.45, 7) is 8.62. The third-order valence-electron chi connectivity index (χ3n) is 3.84. The van der Waals surface area contributed by atoms with Crippen molar-refractivity contribution < 1.29 is 14.4 Å². The van der Waals surface area contributed by atoms with Crippen LogP contribution in [0.4, 0.5) is 0 Å². The number of hydrogen-bond acceptors (Lipinski definition) is 2. The number of nitrogens with zero attached hydrogens (tertiary/aromatic N) is 1. The molecule has 1 heterocycles. The summed E-state index contributed by atoms with van der Waals surface area (Å²) >= 11 is 0. The Morgan fingerprint density at radius 3 is 2.62 bits per heavy atom. The molecular formula is C11H24NO3P. The van der Waals surface area contributed by atoms with Gasteiger partial charge in [-0.25, -0.2) is 0 Å². The molecule has 2 N–H and O–H groups in total. The first-order valence-electron chi connectivity index (χ1n) is 6.01. The van der Waals surface area contributed by atoms with Gasteiger partial charge in [-0.3, -0.25) is 4.57 Å². The van der Waals surface area contributed by atoms with E-state index in [4.69, 9.17) is 9.79 Å². The Morgan fingerprint density at radius 2 is 2.06 bits per heavy atom. The van der Waals surface area contributed by atoms with E-state index in [9.17, 15) is 4.57 Å². The van der Waals surface area contributed by atoms with Gasteiger partial charge in [-0.2, -0.15) is 0 Å². The fourth-order valence-corrected chi connectivity index (χ4v) is 2.97. The Labute approximate surface area is 98.2 Å². The van der Waals surface area contributed by atoms with Crippen molar-refractivity contribution in [3.05, 3.63) is 0 Å². The lowest BCUT2D eigenvalue weighted by Crippen LogP contribution is -2.48. The highest BCUT2D eigenvalue weighted by molar-refractivity contribution is 7.51. The van der Waals surface area contributed by atoms with E-state index >= 15 is 0 Å². The SMILES string of the molecule is CC1N(CCCP(=O)(O)O)CCCC1(C)C. The third-order valence-corrected chi connectivity index (χ3v) is 4.74. The molecule has 0 bridgehead atoms. The zero-order chi connectivity index (χ0) is 12.4. The molecule has 0 aliphatic carbocycles. The molecular weight excluding hydrogens is 225 g/mol. The molecule has 0 amide bonds. The van der Waals surface area contributed by atoms with Gasteiger partial charge in [-0.1, -0.05) is 13.8 Å². The van der Waals surface area contributed by atoms with Crippen LogP contribution in [0.25, 0.3) is 0 Å². The zero-order valence-corrected chi connectivity index (χ0v) is 11.4. The maximum absolute atomic E-state index is 10.8. The summed E-state index contributed by atoms with van der Waals surface area (Å²) in [5, 5.41) is 0. The van der Waals surface area contributed by atoms with Crippen LogP contribution in [0.15, 0.2) is 0 Å². The van der Waals surface area contributed by atoms with Crippen molar-refractivity contribution >= 4 is 7.60 Å². The van der Waals surface area contributed by atoms with Crippen molar-refractivity contribution in [1.29, 1.82) is 0 Å². The molecule has 1 saturated heterocycles. The molecule has 0 radical (unpaired) electrons. The van der Waals surface area contributed by atoms with Crippen LogP contribution in [0.1, 0.15) is 40.0 Å². The minimum absolute atomic E-state index is 0.0106. The first kappa shape index (κ1) is 14.2. The predicted octanol–water partition coefficient (Wildman–Crippen LogP) is 2.06. The summed E-state index contributed by atoms with van der Waals surface area (Å²) in [4.78, 5) is 20.0. The summed E-state index contributed by atoms with van der Waals surface area (Å²) < 4.78 is 10.8. The molecule has 1 unspecified atom stereocenters. The lowest BCUT2D eigenvalue weighted by Gasteiger charge is -2.45.